The van der Waals surface area contributed by atoms with Crippen molar-refractivity contribution >= 4 is 17.8 Å². The van der Waals surface area contributed by atoms with Gasteiger partial charge in [0.25, 0.3) is 5.91 Å². The lowest BCUT2D eigenvalue weighted by molar-refractivity contribution is -0.125. The number of imide groups is 1. The van der Waals surface area contributed by atoms with Gasteiger partial charge in [-0.3, -0.25) is 14.5 Å². The van der Waals surface area contributed by atoms with Crippen LogP contribution in [-0.2, 0) is 17.9 Å². The molecule has 0 spiro atoms. The first kappa shape index (κ1) is 20.3. The molecule has 8 heteroatoms. The van der Waals surface area contributed by atoms with Crippen molar-refractivity contribution in [3.05, 3.63) is 82.7 Å². The summed E-state index contributed by atoms with van der Waals surface area (Å²) in [6.07, 6.45) is 0. The molecule has 0 atom stereocenters. The third-order valence-corrected chi connectivity index (χ3v) is 5.36. The number of hydrogen-bond acceptors (Lipinski definition) is 4. The Hall–Kier alpha value is -3.94. The van der Waals surface area contributed by atoms with Crippen LogP contribution in [-0.4, -0.2) is 39.1 Å². The van der Waals surface area contributed by atoms with Crippen molar-refractivity contribution in [2.45, 2.75) is 26.9 Å². The second-order valence-electron chi connectivity index (χ2n) is 7.41. The molecule has 2 N–H and O–H groups in total. The molecule has 2 heterocycles. The lowest BCUT2D eigenvalue weighted by Gasteiger charge is -2.12. The van der Waals surface area contributed by atoms with Gasteiger partial charge in [0, 0.05) is 23.4 Å². The van der Waals surface area contributed by atoms with Gasteiger partial charge in [-0.1, -0.05) is 30.3 Å². The fourth-order valence-corrected chi connectivity index (χ4v) is 3.58. The van der Waals surface area contributed by atoms with E-state index < -0.39 is 6.03 Å². The zero-order valence-electron chi connectivity index (χ0n) is 17.4. The number of rotatable bonds is 6. The highest BCUT2D eigenvalue weighted by atomic mass is 16.2. The first-order valence-electron chi connectivity index (χ1n) is 10.00. The normalized spacial score (nSPS) is 13.4. The van der Waals surface area contributed by atoms with E-state index in [0.717, 1.165) is 33.1 Å². The predicted octanol–water partition coefficient (Wildman–Crippen LogP) is 2.47. The molecule has 4 amide bonds. The minimum absolute atomic E-state index is 0.0268. The Kier molecular flexibility index (Phi) is 5.53. The first-order chi connectivity index (χ1) is 14.9. The average Bonchev–Trinajstić information content (AvgIpc) is 3.25. The molecule has 2 aromatic carbocycles. The summed E-state index contributed by atoms with van der Waals surface area (Å²) in [5.41, 5.74) is 5.08. The van der Waals surface area contributed by atoms with Crippen molar-refractivity contribution in [2.24, 2.45) is 0 Å². The zero-order chi connectivity index (χ0) is 22.0. The number of aryl methyl sites for hydroxylation is 1. The number of hydrogen-bond donors (Lipinski definition) is 2. The zero-order valence-corrected chi connectivity index (χ0v) is 17.4. The maximum atomic E-state index is 12.6. The quantitative estimate of drug-likeness (QED) is 0.602. The topological polar surface area (TPSA) is 96.3 Å². The van der Waals surface area contributed by atoms with Crippen molar-refractivity contribution in [2.75, 3.05) is 6.54 Å². The van der Waals surface area contributed by atoms with E-state index in [2.05, 4.69) is 15.7 Å². The van der Waals surface area contributed by atoms with E-state index in [1.165, 1.54) is 0 Å². The molecule has 0 saturated carbocycles. The van der Waals surface area contributed by atoms with Crippen LogP contribution in [0, 0.1) is 13.8 Å². The highest BCUT2D eigenvalue weighted by Gasteiger charge is 2.28. The Morgan fingerprint density at radius 1 is 1.06 bits per heavy atom. The Bertz CT molecular complexity index is 1120. The molecule has 1 fully saturated rings. The van der Waals surface area contributed by atoms with E-state index in [9.17, 15) is 14.4 Å². The number of carbonyl (C=O) groups is 3. The molecule has 4 rings (SSSR count). The minimum Gasteiger partial charge on any atom is -0.348 e. The van der Waals surface area contributed by atoms with Crippen molar-refractivity contribution in [3.8, 4) is 5.69 Å². The van der Waals surface area contributed by atoms with Gasteiger partial charge in [-0.05, 0) is 43.7 Å². The summed E-state index contributed by atoms with van der Waals surface area (Å²) in [4.78, 5) is 37.1. The summed E-state index contributed by atoms with van der Waals surface area (Å²) in [5.74, 6) is -0.457. The molecular formula is C23H23N5O3. The minimum atomic E-state index is -0.395. The van der Waals surface area contributed by atoms with E-state index in [1.807, 2.05) is 48.9 Å². The molecule has 0 unspecified atom stereocenters. The maximum Gasteiger partial charge on any atom is 0.324 e. The van der Waals surface area contributed by atoms with Crippen LogP contribution in [0.4, 0.5) is 4.79 Å². The number of nitrogens with zero attached hydrogens (tertiary/aromatic N) is 3. The number of nitrogens with one attached hydrogen (secondary N) is 2. The van der Waals surface area contributed by atoms with Gasteiger partial charge in [0.05, 0.1) is 24.5 Å². The highest BCUT2D eigenvalue weighted by Crippen LogP contribution is 2.18. The summed E-state index contributed by atoms with van der Waals surface area (Å²) in [6, 6.07) is 16.3. The van der Waals surface area contributed by atoms with Crippen LogP contribution in [0.5, 0.6) is 0 Å². The van der Waals surface area contributed by atoms with Crippen LogP contribution in [0.3, 0.4) is 0 Å². The molecule has 158 valence electrons. The van der Waals surface area contributed by atoms with Crippen molar-refractivity contribution in [1.82, 2.24) is 25.3 Å². The molecule has 0 bridgehead atoms. The van der Waals surface area contributed by atoms with Gasteiger partial charge in [-0.25, -0.2) is 9.48 Å². The number of urea groups is 1. The Morgan fingerprint density at radius 2 is 1.77 bits per heavy atom. The van der Waals surface area contributed by atoms with Gasteiger partial charge in [-0.15, -0.1) is 0 Å². The molecule has 1 aliphatic heterocycles. The fraction of sp³-hybridized carbons (Fsp3) is 0.217. The Morgan fingerprint density at radius 3 is 2.42 bits per heavy atom. The van der Waals surface area contributed by atoms with E-state index in [4.69, 9.17) is 0 Å². The SMILES string of the molecule is Cc1nn(-c2ccccc2)c(C)c1CNC(=O)c1ccc(CN2C(=O)CNC2=O)cc1. The highest BCUT2D eigenvalue weighted by molar-refractivity contribution is 6.01. The standard InChI is InChI=1S/C23H23N5O3/c1-15-20(16(2)28(26-15)19-6-4-3-5-7-19)12-24-22(30)18-10-8-17(9-11-18)14-27-21(29)13-25-23(27)31/h3-11H,12-14H2,1-2H3,(H,24,30)(H,25,31). The third kappa shape index (κ3) is 4.18. The Labute approximate surface area is 179 Å². The summed E-state index contributed by atoms with van der Waals surface area (Å²) in [5, 5.41) is 10.0. The van der Waals surface area contributed by atoms with Gasteiger partial charge >= 0.3 is 6.03 Å². The lowest BCUT2D eigenvalue weighted by Crippen LogP contribution is -2.30. The molecule has 0 radical (unpaired) electrons. The number of amides is 4. The van der Waals surface area contributed by atoms with Crippen LogP contribution in [0.15, 0.2) is 54.6 Å². The molecule has 0 aliphatic carbocycles. The van der Waals surface area contributed by atoms with Crippen LogP contribution in [0.1, 0.15) is 32.9 Å². The number of benzene rings is 2. The maximum absolute atomic E-state index is 12.6. The third-order valence-electron chi connectivity index (χ3n) is 5.36. The summed E-state index contributed by atoms with van der Waals surface area (Å²) in [6.45, 7) is 4.49. The largest absolute Gasteiger partial charge is 0.348 e. The molecule has 3 aromatic rings. The van der Waals surface area contributed by atoms with Crippen molar-refractivity contribution in [1.29, 1.82) is 0 Å². The molecule has 1 saturated heterocycles. The Balaban J connectivity index is 1.41. The van der Waals surface area contributed by atoms with E-state index >= 15 is 0 Å². The van der Waals surface area contributed by atoms with E-state index in [0.29, 0.717) is 12.1 Å². The average molecular weight is 417 g/mol. The van der Waals surface area contributed by atoms with Crippen molar-refractivity contribution in [3.63, 3.8) is 0 Å². The van der Waals surface area contributed by atoms with Crippen LogP contribution < -0.4 is 10.6 Å². The van der Waals surface area contributed by atoms with Gasteiger partial charge in [0.2, 0.25) is 5.91 Å². The monoisotopic (exact) mass is 417 g/mol. The molecular weight excluding hydrogens is 394 g/mol. The van der Waals surface area contributed by atoms with E-state index in [1.54, 1.807) is 24.3 Å². The van der Waals surface area contributed by atoms with Gasteiger partial charge in [0.1, 0.15) is 0 Å². The first-order valence-corrected chi connectivity index (χ1v) is 10.00. The summed E-state index contributed by atoms with van der Waals surface area (Å²) >= 11 is 0. The van der Waals surface area contributed by atoms with Crippen LogP contribution >= 0.6 is 0 Å². The predicted molar refractivity (Wildman–Crippen MR) is 115 cm³/mol. The number of para-hydroxylation sites is 1. The molecule has 31 heavy (non-hydrogen) atoms. The smallest absolute Gasteiger partial charge is 0.324 e. The molecule has 1 aromatic heterocycles. The van der Waals surface area contributed by atoms with Gasteiger partial charge in [0.15, 0.2) is 0 Å². The van der Waals surface area contributed by atoms with E-state index in [-0.39, 0.29) is 24.9 Å². The molecule has 1 aliphatic rings. The van der Waals surface area contributed by atoms with Crippen LogP contribution in [0.2, 0.25) is 0 Å². The second kappa shape index (κ2) is 8.43. The van der Waals surface area contributed by atoms with Crippen molar-refractivity contribution < 1.29 is 14.4 Å². The summed E-state index contributed by atoms with van der Waals surface area (Å²) < 4.78 is 1.88. The number of aromatic nitrogens is 2. The fourth-order valence-electron chi connectivity index (χ4n) is 3.58. The van der Waals surface area contributed by atoms with Gasteiger partial charge < -0.3 is 10.6 Å². The van der Waals surface area contributed by atoms with Gasteiger partial charge in [-0.2, -0.15) is 5.10 Å². The summed E-state index contributed by atoms with van der Waals surface area (Å²) in [7, 11) is 0. The van der Waals surface area contributed by atoms with Crippen LogP contribution in [0.25, 0.3) is 5.69 Å². The lowest BCUT2D eigenvalue weighted by atomic mass is 10.1. The molecule has 8 nitrogen and oxygen atoms in total. The second-order valence-corrected chi connectivity index (χ2v) is 7.41. The number of carbonyl (C=O) groups excluding carboxylic acids is 3.